The number of nitrogens with one attached hydrogen (secondary N) is 2. The Balaban J connectivity index is -0.000000256. The molecule has 0 aromatic heterocycles. The van der Waals surface area contributed by atoms with E-state index < -0.39 is 36.8 Å². The monoisotopic (exact) mass is 321 g/mol. The Bertz CT molecular complexity index is 282. The van der Waals surface area contributed by atoms with Crippen molar-refractivity contribution in [2.75, 3.05) is 26.2 Å². The maximum absolute atomic E-state index is 10.2. The van der Waals surface area contributed by atoms with Crippen molar-refractivity contribution in [1.82, 2.24) is 10.6 Å². The number of nitrogens with two attached hydrogens (primary N) is 2. The number of amides is 2. The van der Waals surface area contributed by atoms with Gasteiger partial charge in [-0.1, -0.05) is 0 Å². The summed E-state index contributed by atoms with van der Waals surface area (Å²) in [5, 5.41) is 23.3. The van der Waals surface area contributed by atoms with Gasteiger partial charge in [0.25, 0.3) is 0 Å². The second kappa shape index (κ2) is 14.4. The van der Waals surface area contributed by atoms with Crippen LogP contribution in [-0.2, 0) is 36.0 Å². The normalized spacial score (nSPS) is 8.11. The minimum atomic E-state index is -1.32. The van der Waals surface area contributed by atoms with Gasteiger partial charge in [0.2, 0.25) is 11.8 Å². The van der Waals surface area contributed by atoms with Crippen molar-refractivity contribution in [3.05, 3.63) is 0 Å². The Kier molecular flexibility index (Phi) is 17.0. The third kappa shape index (κ3) is 22.0. The predicted octanol–water partition coefficient (Wildman–Crippen LogP) is -6.38. The van der Waals surface area contributed by atoms with E-state index >= 15 is 0 Å². The third-order valence-corrected chi connectivity index (χ3v) is 1.23. The molecule has 10 nitrogen and oxygen atoms in total. The Morgan fingerprint density at radius 3 is 1.21 bits per heavy atom. The van der Waals surface area contributed by atoms with Gasteiger partial charge in [-0.15, -0.1) is 0 Å². The van der Waals surface area contributed by atoms with Crippen LogP contribution in [0.15, 0.2) is 0 Å². The maximum atomic E-state index is 10.2. The topological polar surface area (TPSA) is 190 Å². The van der Waals surface area contributed by atoms with Gasteiger partial charge in [-0.3, -0.25) is 9.59 Å². The van der Waals surface area contributed by atoms with Crippen molar-refractivity contribution >= 4 is 23.8 Å². The Morgan fingerprint density at radius 1 is 0.789 bits per heavy atom. The molecule has 0 aromatic rings. The molecular weight excluding hydrogens is 307 g/mol. The minimum Gasteiger partial charge on any atom is -0.548 e. The quantitative estimate of drug-likeness (QED) is 0.371. The van der Waals surface area contributed by atoms with Crippen LogP contribution < -0.4 is 32.3 Å². The summed E-state index contributed by atoms with van der Waals surface area (Å²) in [7, 11) is 0. The van der Waals surface area contributed by atoms with E-state index in [-0.39, 0.29) is 29.9 Å². The van der Waals surface area contributed by atoms with Crippen LogP contribution in [0.2, 0.25) is 0 Å². The molecular formula is C8H14CoN4O6. The molecule has 0 saturated carbocycles. The van der Waals surface area contributed by atoms with Crippen molar-refractivity contribution in [3.63, 3.8) is 0 Å². The zero-order valence-corrected chi connectivity index (χ0v) is 10.8. The number of carbonyl (C=O) groups is 4. The molecule has 19 heavy (non-hydrogen) atoms. The molecule has 0 unspecified atom stereocenters. The Labute approximate surface area is 119 Å². The molecule has 1 radical (unpaired) electrons. The third-order valence-electron chi connectivity index (χ3n) is 1.23. The first-order valence-corrected chi connectivity index (χ1v) is 4.66. The fourth-order valence-electron chi connectivity index (χ4n) is 0.486. The molecule has 0 fully saturated rings. The average molecular weight is 321 g/mol. The molecule has 0 spiro atoms. The van der Waals surface area contributed by atoms with Gasteiger partial charge < -0.3 is 41.9 Å². The van der Waals surface area contributed by atoms with Crippen molar-refractivity contribution in [3.8, 4) is 0 Å². The summed E-state index contributed by atoms with van der Waals surface area (Å²) >= 11 is 0. The van der Waals surface area contributed by atoms with Gasteiger partial charge in [0.1, 0.15) is 0 Å². The minimum absolute atomic E-state index is 0. The van der Waals surface area contributed by atoms with Gasteiger partial charge in [0.05, 0.1) is 38.1 Å². The van der Waals surface area contributed by atoms with Gasteiger partial charge in [0, 0.05) is 0 Å². The molecule has 11 heteroatoms. The van der Waals surface area contributed by atoms with Gasteiger partial charge in [-0.25, -0.2) is 0 Å². The molecule has 0 bridgehead atoms. The standard InChI is InChI=1S/2C4H8N2O3.Co/c2*5-1-3(7)6-2-4(8)9;/h2*1-2,5H2,(H,6,7)(H,8,9);/q;;+2/p-2. The fraction of sp³-hybridized carbons (Fsp3) is 0.500. The Hall–Kier alpha value is -1.69. The summed E-state index contributed by atoms with van der Waals surface area (Å²) < 4.78 is 0. The van der Waals surface area contributed by atoms with E-state index in [0.717, 1.165) is 0 Å². The van der Waals surface area contributed by atoms with Crippen LogP contribution in [0.5, 0.6) is 0 Å². The number of carboxylic acids is 2. The molecule has 0 atom stereocenters. The van der Waals surface area contributed by atoms with Crippen LogP contribution in [-0.4, -0.2) is 49.9 Å². The molecule has 0 aliphatic heterocycles. The van der Waals surface area contributed by atoms with E-state index in [4.69, 9.17) is 11.5 Å². The number of carbonyl (C=O) groups excluding carboxylic acids is 4. The molecule has 0 saturated heterocycles. The zero-order valence-electron chi connectivity index (χ0n) is 9.77. The average Bonchev–Trinajstić information content (AvgIpc) is 2.33. The summed E-state index contributed by atoms with van der Waals surface area (Å²) in [5.41, 5.74) is 9.67. The van der Waals surface area contributed by atoms with Crippen molar-refractivity contribution in [2.24, 2.45) is 11.5 Å². The van der Waals surface area contributed by atoms with Crippen LogP contribution in [0.25, 0.3) is 0 Å². The molecule has 6 N–H and O–H groups in total. The number of hydrogen-bond donors (Lipinski definition) is 4. The van der Waals surface area contributed by atoms with Crippen LogP contribution in [0, 0.1) is 0 Å². The molecule has 0 aliphatic carbocycles. The number of rotatable bonds is 6. The molecule has 0 aromatic carbocycles. The summed E-state index contributed by atoms with van der Waals surface area (Å²) in [6, 6.07) is 0. The van der Waals surface area contributed by atoms with E-state index in [1.807, 2.05) is 10.6 Å². The number of carboxylic acid groups (broad SMARTS) is 2. The van der Waals surface area contributed by atoms with E-state index in [2.05, 4.69) is 0 Å². The molecule has 0 rings (SSSR count). The summed E-state index contributed by atoms with van der Waals surface area (Å²) in [4.78, 5) is 39.7. The largest absolute Gasteiger partial charge is 2.00 e. The number of aliphatic carboxylic acids is 2. The van der Waals surface area contributed by atoms with Gasteiger partial charge >= 0.3 is 16.8 Å². The van der Waals surface area contributed by atoms with Crippen LogP contribution in [0.4, 0.5) is 0 Å². The zero-order chi connectivity index (χ0) is 14.6. The van der Waals surface area contributed by atoms with Gasteiger partial charge in [0.15, 0.2) is 0 Å². The SMILES string of the molecule is NCC(=O)NCC(=O)[O-].NCC(=O)NCC(=O)[O-].[Co+2]. The molecule has 0 heterocycles. The van der Waals surface area contributed by atoms with E-state index in [1.54, 1.807) is 0 Å². The maximum Gasteiger partial charge on any atom is 2.00 e. The molecule has 0 aliphatic rings. The second-order valence-electron chi connectivity index (χ2n) is 2.71. The van der Waals surface area contributed by atoms with Crippen molar-refractivity contribution in [1.29, 1.82) is 0 Å². The smallest absolute Gasteiger partial charge is 0.548 e. The van der Waals surface area contributed by atoms with Crippen molar-refractivity contribution < 1.29 is 46.2 Å². The predicted molar refractivity (Wildman–Crippen MR) is 54.1 cm³/mol. The van der Waals surface area contributed by atoms with Crippen molar-refractivity contribution in [2.45, 2.75) is 0 Å². The van der Waals surface area contributed by atoms with Crippen LogP contribution >= 0.6 is 0 Å². The first kappa shape index (κ1) is 22.5. The molecule has 2 amide bonds. The first-order chi connectivity index (χ1) is 8.33. The summed E-state index contributed by atoms with van der Waals surface area (Å²) in [6.45, 7) is -1.35. The van der Waals surface area contributed by atoms with E-state index in [1.165, 1.54) is 0 Å². The van der Waals surface area contributed by atoms with E-state index in [9.17, 15) is 29.4 Å². The second-order valence-corrected chi connectivity index (χ2v) is 2.71. The fourth-order valence-corrected chi connectivity index (χ4v) is 0.486. The van der Waals surface area contributed by atoms with E-state index in [0.29, 0.717) is 0 Å². The van der Waals surface area contributed by atoms with Gasteiger partial charge in [-0.05, 0) is 0 Å². The summed E-state index contributed by atoms with van der Waals surface area (Å²) in [5.74, 6) is -3.65. The van der Waals surface area contributed by atoms with Crippen LogP contribution in [0.3, 0.4) is 0 Å². The first-order valence-electron chi connectivity index (χ1n) is 4.66. The summed E-state index contributed by atoms with van der Waals surface area (Å²) in [6.07, 6.45) is 0. The Morgan fingerprint density at radius 2 is 1.05 bits per heavy atom. The number of hydrogen-bond acceptors (Lipinski definition) is 8. The molecule has 111 valence electrons. The van der Waals surface area contributed by atoms with Crippen LogP contribution in [0.1, 0.15) is 0 Å². The van der Waals surface area contributed by atoms with Gasteiger partial charge in [-0.2, -0.15) is 0 Å².